The second-order valence-electron chi connectivity index (χ2n) is 4.49. The lowest BCUT2D eigenvalue weighted by atomic mass is 10.0. The first-order chi connectivity index (χ1) is 9.18. The van der Waals surface area contributed by atoms with Crippen LogP contribution in [0.15, 0.2) is 29.7 Å². The minimum atomic E-state index is -3.85. The molecule has 1 atom stereocenters. The van der Waals surface area contributed by atoms with Gasteiger partial charge < -0.3 is 5.11 Å². The van der Waals surface area contributed by atoms with Gasteiger partial charge in [0.2, 0.25) is 10.0 Å². The summed E-state index contributed by atoms with van der Waals surface area (Å²) in [6, 6.07) is 6.58. The predicted molar refractivity (Wildman–Crippen MR) is 78.9 cm³/mol. The number of carboxylic acids is 1. The number of rotatable bonds is 6. The Morgan fingerprint density at radius 3 is 2.40 bits per heavy atom. The number of carboxylic acid groups (broad SMARTS) is 1. The zero-order valence-corrected chi connectivity index (χ0v) is 12.7. The zero-order valence-electron chi connectivity index (χ0n) is 11.1. The van der Waals surface area contributed by atoms with Crippen LogP contribution in [0, 0.1) is 0 Å². The van der Waals surface area contributed by atoms with E-state index in [1.807, 2.05) is 0 Å². The van der Waals surface area contributed by atoms with E-state index >= 15 is 0 Å². The summed E-state index contributed by atoms with van der Waals surface area (Å²) in [6.45, 7) is 2.92. The van der Waals surface area contributed by atoms with Crippen LogP contribution in [0.25, 0.3) is 6.08 Å². The smallest absolute Gasteiger partial charge is 0.324 e. The number of aliphatic carboxylic acids is 1. The Balaban J connectivity index is 2.90. The van der Waals surface area contributed by atoms with Crippen molar-refractivity contribution in [2.45, 2.75) is 25.8 Å². The summed E-state index contributed by atoms with van der Waals surface area (Å²) in [5.41, 5.74) is -0.878. The van der Waals surface area contributed by atoms with E-state index in [9.17, 15) is 13.2 Å². The van der Waals surface area contributed by atoms with E-state index in [0.29, 0.717) is 10.6 Å². The fourth-order valence-electron chi connectivity index (χ4n) is 1.36. The van der Waals surface area contributed by atoms with Crippen LogP contribution in [0.5, 0.6) is 0 Å². The van der Waals surface area contributed by atoms with Crippen LogP contribution in [0.4, 0.5) is 0 Å². The molecule has 0 bridgehead atoms. The molecular formula is C13H16ClNO4S. The van der Waals surface area contributed by atoms with Crippen molar-refractivity contribution in [1.82, 2.24) is 4.72 Å². The third kappa shape index (κ3) is 4.63. The van der Waals surface area contributed by atoms with Gasteiger partial charge in [0.1, 0.15) is 5.54 Å². The first kappa shape index (κ1) is 16.7. The average Bonchev–Trinajstić information content (AvgIpc) is 2.37. The van der Waals surface area contributed by atoms with Crippen LogP contribution < -0.4 is 4.72 Å². The molecule has 2 N–H and O–H groups in total. The van der Waals surface area contributed by atoms with Crippen LogP contribution in [0.1, 0.15) is 25.8 Å². The van der Waals surface area contributed by atoms with Gasteiger partial charge in [-0.1, -0.05) is 30.7 Å². The molecule has 0 heterocycles. The van der Waals surface area contributed by atoms with E-state index in [1.54, 1.807) is 31.2 Å². The average molecular weight is 318 g/mol. The number of halogens is 1. The first-order valence-electron chi connectivity index (χ1n) is 5.89. The van der Waals surface area contributed by atoms with E-state index in [2.05, 4.69) is 4.72 Å². The van der Waals surface area contributed by atoms with Gasteiger partial charge in [0.15, 0.2) is 0 Å². The van der Waals surface area contributed by atoms with Crippen LogP contribution in [-0.4, -0.2) is 25.0 Å². The molecule has 0 aliphatic carbocycles. The van der Waals surface area contributed by atoms with Crippen LogP contribution >= 0.6 is 11.6 Å². The summed E-state index contributed by atoms with van der Waals surface area (Å²) in [7, 11) is -3.85. The first-order valence-corrected chi connectivity index (χ1v) is 7.82. The summed E-state index contributed by atoms with van der Waals surface area (Å²) in [4.78, 5) is 11.1. The van der Waals surface area contributed by atoms with Crippen molar-refractivity contribution in [3.63, 3.8) is 0 Å². The molecule has 0 aliphatic heterocycles. The van der Waals surface area contributed by atoms with Gasteiger partial charge in [0.25, 0.3) is 0 Å². The highest BCUT2D eigenvalue weighted by Crippen LogP contribution is 2.14. The Morgan fingerprint density at radius 2 is 1.95 bits per heavy atom. The van der Waals surface area contributed by atoms with Crippen molar-refractivity contribution in [2.75, 3.05) is 0 Å². The lowest BCUT2D eigenvalue weighted by Gasteiger charge is -2.23. The molecule has 1 unspecified atom stereocenters. The number of carbonyl (C=O) groups is 1. The maximum Gasteiger partial charge on any atom is 0.324 e. The van der Waals surface area contributed by atoms with E-state index in [4.69, 9.17) is 16.7 Å². The highest BCUT2D eigenvalue weighted by atomic mass is 35.5. The van der Waals surface area contributed by atoms with E-state index in [-0.39, 0.29) is 6.42 Å². The van der Waals surface area contributed by atoms with Gasteiger partial charge in [-0.25, -0.2) is 8.42 Å². The quantitative estimate of drug-likeness (QED) is 0.844. The zero-order chi connectivity index (χ0) is 15.4. The lowest BCUT2D eigenvalue weighted by molar-refractivity contribution is -0.143. The molecule has 0 saturated carbocycles. The number of nitrogens with one attached hydrogen (secondary N) is 1. The second kappa shape index (κ2) is 6.39. The van der Waals surface area contributed by atoms with Crippen molar-refractivity contribution < 1.29 is 18.3 Å². The Labute approximate surface area is 123 Å². The van der Waals surface area contributed by atoms with E-state index < -0.39 is 21.5 Å². The van der Waals surface area contributed by atoms with Gasteiger partial charge in [-0.15, -0.1) is 0 Å². The minimum absolute atomic E-state index is 0.135. The Kier molecular flexibility index (Phi) is 5.33. The fraction of sp³-hybridized carbons (Fsp3) is 0.308. The molecular weight excluding hydrogens is 302 g/mol. The standard InChI is InChI=1S/C13H16ClNO4S/c1-3-13(2,12(16)17)15-20(18,19)9-8-10-4-6-11(14)7-5-10/h4-9,15H,3H2,1-2H3,(H,16,17). The van der Waals surface area contributed by atoms with Crippen LogP contribution in [0.3, 0.4) is 0 Å². The molecule has 1 aromatic rings. The number of sulfonamides is 1. The molecule has 110 valence electrons. The summed E-state index contributed by atoms with van der Waals surface area (Å²) in [5, 5.41) is 10.5. The highest BCUT2D eigenvalue weighted by molar-refractivity contribution is 7.92. The van der Waals surface area contributed by atoms with Crippen molar-refractivity contribution in [3.05, 3.63) is 40.3 Å². The van der Waals surface area contributed by atoms with Gasteiger partial charge in [-0.05, 0) is 37.1 Å². The third-order valence-electron chi connectivity index (χ3n) is 2.86. The molecule has 0 fully saturated rings. The van der Waals surface area contributed by atoms with Gasteiger partial charge in [0.05, 0.1) is 0 Å². The largest absolute Gasteiger partial charge is 0.480 e. The van der Waals surface area contributed by atoms with Crippen molar-refractivity contribution in [3.8, 4) is 0 Å². The Morgan fingerprint density at radius 1 is 1.40 bits per heavy atom. The van der Waals surface area contributed by atoms with Crippen LogP contribution in [0.2, 0.25) is 5.02 Å². The number of benzene rings is 1. The Bertz CT molecular complexity index is 610. The third-order valence-corrected chi connectivity index (χ3v) is 4.34. The SMILES string of the molecule is CCC(C)(NS(=O)(=O)C=Cc1ccc(Cl)cc1)C(=O)O. The van der Waals surface area contributed by atoms with Crippen LogP contribution in [-0.2, 0) is 14.8 Å². The molecule has 0 aromatic heterocycles. The highest BCUT2D eigenvalue weighted by Gasteiger charge is 2.34. The monoisotopic (exact) mass is 317 g/mol. The van der Waals surface area contributed by atoms with Gasteiger partial charge in [-0.2, -0.15) is 4.72 Å². The molecule has 7 heteroatoms. The van der Waals surface area contributed by atoms with E-state index in [1.165, 1.54) is 13.0 Å². The molecule has 0 spiro atoms. The predicted octanol–water partition coefficient (Wildman–Crippen LogP) is 2.48. The van der Waals surface area contributed by atoms with Gasteiger partial charge >= 0.3 is 5.97 Å². The number of hydrogen-bond acceptors (Lipinski definition) is 3. The fourth-order valence-corrected chi connectivity index (χ4v) is 2.75. The summed E-state index contributed by atoms with van der Waals surface area (Å²) in [5.74, 6) is -1.22. The second-order valence-corrected chi connectivity index (χ2v) is 6.49. The maximum atomic E-state index is 11.9. The summed E-state index contributed by atoms with van der Waals surface area (Å²) in [6.07, 6.45) is 1.51. The molecule has 1 aromatic carbocycles. The molecule has 0 amide bonds. The van der Waals surface area contributed by atoms with Crippen molar-refractivity contribution >= 4 is 33.7 Å². The summed E-state index contributed by atoms with van der Waals surface area (Å²) >= 11 is 5.72. The summed E-state index contributed by atoms with van der Waals surface area (Å²) < 4.78 is 25.9. The molecule has 1 rings (SSSR count). The normalized spacial score (nSPS) is 15.2. The van der Waals surface area contributed by atoms with E-state index in [0.717, 1.165) is 5.41 Å². The minimum Gasteiger partial charge on any atom is -0.480 e. The lowest BCUT2D eigenvalue weighted by Crippen LogP contribution is -2.50. The Hall–Kier alpha value is -1.37. The molecule has 0 aliphatic rings. The number of hydrogen-bond donors (Lipinski definition) is 2. The molecule has 20 heavy (non-hydrogen) atoms. The topological polar surface area (TPSA) is 83.5 Å². The maximum absolute atomic E-state index is 11.9. The van der Waals surface area contributed by atoms with Crippen molar-refractivity contribution in [1.29, 1.82) is 0 Å². The molecule has 0 radical (unpaired) electrons. The van der Waals surface area contributed by atoms with Gasteiger partial charge in [-0.3, -0.25) is 4.79 Å². The van der Waals surface area contributed by atoms with Gasteiger partial charge in [0, 0.05) is 10.4 Å². The molecule has 0 saturated heterocycles. The van der Waals surface area contributed by atoms with Crippen molar-refractivity contribution in [2.24, 2.45) is 0 Å². The molecule has 5 nitrogen and oxygen atoms in total.